The van der Waals surface area contributed by atoms with Gasteiger partial charge >= 0.3 is 12.2 Å². The van der Waals surface area contributed by atoms with Crippen LogP contribution in [0.5, 0.6) is 0 Å². The van der Waals surface area contributed by atoms with Gasteiger partial charge in [-0.25, -0.2) is 9.78 Å². The molecule has 10 heteroatoms. The Morgan fingerprint density at radius 3 is 2.34 bits per heavy atom. The molecule has 0 radical (unpaired) electrons. The van der Waals surface area contributed by atoms with Crippen molar-refractivity contribution in [3.63, 3.8) is 0 Å². The first-order valence-corrected chi connectivity index (χ1v) is 10.9. The van der Waals surface area contributed by atoms with Crippen molar-refractivity contribution in [2.45, 2.75) is 32.4 Å². The molecule has 1 aromatic carbocycles. The Kier molecular flexibility index (Phi) is 6.38. The Hall–Kier alpha value is -3.04. The third-order valence-corrected chi connectivity index (χ3v) is 5.80. The predicted octanol–water partition coefficient (Wildman–Crippen LogP) is 4.15. The van der Waals surface area contributed by atoms with Crippen LogP contribution in [0.15, 0.2) is 30.3 Å². The molecule has 2 aromatic rings. The summed E-state index contributed by atoms with van der Waals surface area (Å²) in [5.41, 5.74) is 0.244. The van der Waals surface area contributed by atoms with Crippen LogP contribution < -0.4 is 15.1 Å². The van der Waals surface area contributed by atoms with Crippen LogP contribution in [0.1, 0.15) is 30.5 Å². The number of nitrogens with one attached hydrogen (secondary N) is 1. The van der Waals surface area contributed by atoms with Crippen LogP contribution in [-0.2, 0) is 6.18 Å². The number of halogens is 3. The predicted molar refractivity (Wildman–Crippen MR) is 117 cm³/mol. The molecule has 0 saturated carbocycles. The van der Waals surface area contributed by atoms with Crippen LogP contribution in [0.3, 0.4) is 0 Å². The highest BCUT2D eigenvalue weighted by atomic mass is 19.4. The van der Waals surface area contributed by atoms with Gasteiger partial charge in [-0.05, 0) is 44.4 Å². The number of aryl methyl sites for hydroxylation is 1. The topological polar surface area (TPSA) is 64.6 Å². The summed E-state index contributed by atoms with van der Waals surface area (Å²) in [4.78, 5) is 27.9. The highest BCUT2D eigenvalue weighted by molar-refractivity contribution is 5.89. The standard InChI is InChI=1S/C22H27F3N6O/c1-16-14-19(28-20(26-16)30-8-3-2-4-9-30)29-10-12-31(13-11-29)21(32)27-18-7-5-6-17(15-18)22(23,24)25/h5-7,14-15H,2-4,8-13H2,1H3,(H,27,32). The summed E-state index contributed by atoms with van der Waals surface area (Å²) in [5, 5.41) is 2.58. The van der Waals surface area contributed by atoms with Crippen LogP contribution in [0, 0.1) is 6.92 Å². The monoisotopic (exact) mass is 448 g/mol. The van der Waals surface area contributed by atoms with Crippen molar-refractivity contribution in [3.05, 3.63) is 41.6 Å². The number of nitrogens with zero attached hydrogens (tertiary/aromatic N) is 5. The van der Waals surface area contributed by atoms with Crippen LogP contribution >= 0.6 is 0 Å². The Morgan fingerprint density at radius 1 is 0.938 bits per heavy atom. The van der Waals surface area contributed by atoms with Gasteiger partial charge in [-0.2, -0.15) is 18.2 Å². The minimum Gasteiger partial charge on any atom is -0.353 e. The lowest BCUT2D eigenvalue weighted by molar-refractivity contribution is -0.137. The number of carbonyl (C=O) groups excluding carboxylic acids is 1. The maximum absolute atomic E-state index is 12.9. The Labute approximate surface area is 185 Å². The fraction of sp³-hybridized carbons (Fsp3) is 0.500. The van der Waals surface area contributed by atoms with E-state index in [1.54, 1.807) is 4.90 Å². The van der Waals surface area contributed by atoms with Crippen molar-refractivity contribution in [1.29, 1.82) is 0 Å². The number of urea groups is 1. The van der Waals surface area contributed by atoms with Crippen LogP contribution in [0.2, 0.25) is 0 Å². The van der Waals surface area contributed by atoms with E-state index in [-0.39, 0.29) is 5.69 Å². The number of amides is 2. The molecule has 0 unspecified atom stereocenters. The van der Waals surface area contributed by atoms with Gasteiger partial charge in [0, 0.05) is 56.7 Å². The molecule has 0 atom stereocenters. The van der Waals surface area contributed by atoms with E-state index in [2.05, 4.69) is 20.1 Å². The molecular weight excluding hydrogens is 421 g/mol. The van der Waals surface area contributed by atoms with Gasteiger partial charge in [0.2, 0.25) is 5.95 Å². The summed E-state index contributed by atoms with van der Waals surface area (Å²) < 4.78 is 38.7. The van der Waals surface area contributed by atoms with E-state index >= 15 is 0 Å². The Balaban J connectivity index is 1.37. The number of carbonyl (C=O) groups is 1. The van der Waals surface area contributed by atoms with Crippen molar-refractivity contribution >= 4 is 23.5 Å². The second kappa shape index (κ2) is 9.22. The number of benzene rings is 1. The number of alkyl halides is 3. The van der Waals surface area contributed by atoms with Gasteiger partial charge in [0.05, 0.1) is 5.56 Å². The fourth-order valence-corrected chi connectivity index (χ4v) is 4.05. The first-order valence-electron chi connectivity index (χ1n) is 10.9. The minimum absolute atomic E-state index is 0.129. The first kappa shape index (κ1) is 22.2. The minimum atomic E-state index is -4.45. The van der Waals surface area contributed by atoms with Gasteiger partial charge in [0.25, 0.3) is 0 Å². The largest absolute Gasteiger partial charge is 0.416 e. The molecule has 172 valence electrons. The van der Waals surface area contributed by atoms with Gasteiger partial charge in [0.15, 0.2) is 0 Å². The number of rotatable bonds is 3. The molecule has 0 spiro atoms. The fourth-order valence-electron chi connectivity index (χ4n) is 4.05. The van der Waals surface area contributed by atoms with E-state index in [1.165, 1.54) is 18.6 Å². The number of hydrogen-bond acceptors (Lipinski definition) is 5. The highest BCUT2D eigenvalue weighted by Gasteiger charge is 2.31. The maximum atomic E-state index is 12.9. The van der Waals surface area contributed by atoms with E-state index < -0.39 is 17.8 Å². The summed E-state index contributed by atoms with van der Waals surface area (Å²) in [5.74, 6) is 1.60. The SMILES string of the molecule is Cc1cc(N2CCN(C(=O)Nc3cccc(C(F)(F)F)c3)CC2)nc(N2CCCCC2)n1. The molecule has 3 heterocycles. The van der Waals surface area contributed by atoms with Crippen LogP contribution in [-0.4, -0.2) is 60.2 Å². The summed E-state index contributed by atoms with van der Waals surface area (Å²) in [6.07, 6.45) is -0.923. The van der Waals surface area contributed by atoms with E-state index in [0.29, 0.717) is 26.2 Å². The number of piperidine rings is 1. The lowest BCUT2D eigenvalue weighted by Gasteiger charge is -2.36. The zero-order chi connectivity index (χ0) is 22.7. The molecule has 2 amide bonds. The zero-order valence-corrected chi connectivity index (χ0v) is 18.0. The van der Waals surface area contributed by atoms with Gasteiger partial charge in [0.1, 0.15) is 5.82 Å². The van der Waals surface area contributed by atoms with E-state index in [1.807, 2.05) is 13.0 Å². The van der Waals surface area contributed by atoms with Crippen molar-refractivity contribution in [3.8, 4) is 0 Å². The van der Waals surface area contributed by atoms with Crippen molar-refractivity contribution in [2.75, 3.05) is 54.4 Å². The summed E-state index contributed by atoms with van der Waals surface area (Å²) in [6.45, 7) is 5.97. The third-order valence-electron chi connectivity index (χ3n) is 5.80. The number of anilines is 3. The molecular formula is C22H27F3N6O. The van der Waals surface area contributed by atoms with Gasteiger partial charge in [-0.3, -0.25) is 0 Å². The van der Waals surface area contributed by atoms with Gasteiger partial charge in [-0.15, -0.1) is 0 Å². The molecule has 1 aromatic heterocycles. The molecule has 4 rings (SSSR count). The number of aromatic nitrogens is 2. The maximum Gasteiger partial charge on any atom is 0.416 e. The molecule has 7 nitrogen and oxygen atoms in total. The molecule has 2 saturated heterocycles. The lowest BCUT2D eigenvalue weighted by Crippen LogP contribution is -2.50. The third kappa shape index (κ3) is 5.23. The quantitative estimate of drug-likeness (QED) is 0.764. The molecule has 0 aliphatic carbocycles. The van der Waals surface area contributed by atoms with Crippen molar-refractivity contribution in [2.24, 2.45) is 0 Å². The average Bonchev–Trinajstić information content (AvgIpc) is 2.79. The van der Waals surface area contributed by atoms with E-state index in [4.69, 9.17) is 4.98 Å². The molecule has 1 N–H and O–H groups in total. The van der Waals surface area contributed by atoms with Gasteiger partial charge in [-0.1, -0.05) is 6.07 Å². The highest BCUT2D eigenvalue weighted by Crippen LogP contribution is 2.30. The van der Waals surface area contributed by atoms with E-state index in [0.717, 1.165) is 55.5 Å². The van der Waals surface area contributed by atoms with Crippen LogP contribution in [0.25, 0.3) is 0 Å². The van der Waals surface area contributed by atoms with Crippen molar-refractivity contribution in [1.82, 2.24) is 14.9 Å². The second-order valence-electron chi connectivity index (χ2n) is 8.20. The summed E-state index contributed by atoms with van der Waals surface area (Å²) in [6, 6.07) is 6.21. The smallest absolute Gasteiger partial charge is 0.353 e. The zero-order valence-electron chi connectivity index (χ0n) is 18.0. The molecule has 2 aliphatic rings. The summed E-state index contributed by atoms with van der Waals surface area (Å²) >= 11 is 0. The Morgan fingerprint density at radius 2 is 1.66 bits per heavy atom. The van der Waals surface area contributed by atoms with Crippen molar-refractivity contribution < 1.29 is 18.0 Å². The summed E-state index contributed by atoms with van der Waals surface area (Å²) in [7, 11) is 0. The first-order chi connectivity index (χ1) is 15.3. The average molecular weight is 448 g/mol. The molecule has 32 heavy (non-hydrogen) atoms. The normalized spacial score (nSPS) is 17.4. The Bertz CT molecular complexity index is 953. The molecule has 0 bridgehead atoms. The number of piperazine rings is 1. The van der Waals surface area contributed by atoms with Crippen LogP contribution in [0.4, 0.5) is 35.4 Å². The molecule has 2 fully saturated rings. The van der Waals surface area contributed by atoms with Gasteiger partial charge < -0.3 is 20.0 Å². The number of hydrogen-bond donors (Lipinski definition) is 1. The lowest BCUT2D eigenvalue weighted by atomic mass is 10.1. The van der Waals surface area contributed by atoms with E-state index in [9.17, 15) is 18.0 Å². The second-order valence-corrected chi connectivity index (χ2v) is 8.20. The molecule has 2 aliphatic heterocycles.